The van der Waals surface area contributed by atoms with E-state index in [4.69, 9.17) is 4.74 Å². The number of hydrogen-bond acceptors (Lipinski definition) is 5. The molecule has 0 aromatic carbocycles. The van der Waals surface area contributed by atoms with Crippen LogP contribution in [0, 0.1) is 0 Å². The molecule has 0 fully saturated rings. The van der Waals surface area contributed by atoms with Crippen LogP contribution in [0.1, 0.15) is 316 Å². The predicted molar refractivity (Wildman–Crippen MR) is 273 cm³/mol. The minimum Gasteiger partial charge on any atom is -0.466 e. The van der Waals surface area contributed by atoms with Crippen molar-refractivity contribution in [2.75, 3.05) is 13.2 Å². The number of carbonyl (C=O) groups is 2. The molecule has 0 spiro atoms. The Balaban J connectivity index is 3.45. The lowest BCUT2D eigenvalue weighted by atomic mass is 10.0. The van der Waals surface area contributed by atoms with Crippen LogP contribution in [-0.4, -0.2) is 47.4 Å². The fraction of sp³-hybridized carbons (Fsp3) is 0.930. The van der Waals surface area contributed by atoms with Crippen LogP contribution >= 0.6 is 0 Å². The number of aliphatic hydroxyl groups excluding tert-OH is 2. The number of rotatable bonds is 53. The smallest absolute Gasteiger partial charge is 0.305 e. The van der Waals surface area contributed by atoms with Gasteiger partial charge >= 0.3 is 5.97 Å². The Kier molecular flexibility index (Phi) is 52.0. The number of allylic oxidation sites excluding steroid dienone is 2. The summed E-state index contributed by atoms with van der Waals surface area (Å²) in [6.45, 7) is 4.94. The molecule has 0 aliphatic heterocycles. The van der Waals surface area contributed by atoms with Crippen molar-refractivity contribution < 1.29 is 24.5 Å². The van der Waals surface area contributed by atoms with Crippen LogP contribution in [0.15, 0.2) is 12.2 Å². The summed E-state index contributed by atoms with van der Waals surface area (Å²) in [5.74, 6) is -0.0579. The van der Waals surface area contributed by atoms with Gasteiger partial charge in [0.1, 0.15) is 0 Å². The van der Waals surface area contributed by atoms with Gasteiger partial charge in [0.25, 0.3) is 0 Å². The number of unbranched alkanes of at least 4 members (excludes halogenated alkanes) is 40. The zero-order chi connectivity index (χ0) is 45.8. The molecule has 0 saturated carbocycles. The summed E-state index contributed by atoms with van der Waals surface area (Å²) in [5, 5.41) is 23.3. The summed E-state index contributed by atoms with van der Waals surface area (Å²) in [5.41, 5.74) is 0. The Hall–Kier alpha value is -1.40. The van der Waals surface area contributed by atoms with Gasteiger partial charge in [-0.1, -0.05) is 264 Å². The molecule has 0 rings (SSSR count). The van der Waals surface area contributed by atoms with E-state index < -0.39 is 12.1 Å². The van der Waals surface area contributed by atoms with Gasteiger partial charge < -0.3 is 20.3 Å². The van der Waals surface area contributed by atoms with Crippen LogP contribution in [0.2, 0.25) is 0 Å². The molecule has 374 valence electrons. The third-order valence-corrected chi connectivity index (χ3v) is 13.3. The molecule has 0 radical (unpaired) electrons. The largest absolute Gasteiger partial charge is 0.466 e. The van der Waals surface area contributed by atoms with Gasteiger partial charge in [-0.05, 0) is 51.4 Å². The topological polar surface area (TPSA) is 95.9 Å². The summed E-state index contributed by atoms with van der Waals surface area (Å²) in [6, 6.07) is -0.551. The maximum atomic E-state index is 12.5. The maximum absolute atomic E-state index is 12.5. The van der Waals surface area contributed by atoms with E-state index in [0.717, 1.165) is 51.4 Å². The highest BCUT2D eigenvalue weighted by atomic mass is 16.5. The van der Waals surface area contributed by atoms with Crippen LogP contribution in [0.4, 0.5) is 0 Å². The molecule has 2 unspecified atom stereocenters. The highest BCUT2D eigenvalue weighted by Crippen LogP contribution is 2.17. The molecule has 1 amide bonds. The van der Waals surface area contributed by atoms with Gasteiger partial charge in [-0.2, -0.15) is 0 Å². The first-order valence-electron chi connectivity index (χ1n) is 28.4. The number of carbonyl (C=O) groups excluding carboxylic acids is 2. The minimum absolute atomic E-state index is 0.0125. The fourth-order valence-electron chi connectivity index (χ4n) is 8.93. The lowest BCUT2D eigenvalue weighted by Crippen LogP contribution is -2.45. The molecule has 6 nitrogen and oxygen atoms in total. The van der Waals surface area contributed by atoms with Gasteiger partial charge in [0.05, 0.1) is 25.4 Å². The summed E-state index contributed by atoms with van der Waals surface area (Å²) >= 11 is 0. The Morgan fingerprint density at radius 1 is 0.429 bits per heavy atom. The Morgan fingerprint density at radius 2 is 0.746 bits per heavy atom. The number of amides is 1. The SMILES string of the molecule is CCCCCCCC/C=C\CCCCCCCC(=O)OCCCCCCCCCCCCCCCC(=O)NC(CO)C(O)CCCCCCCCCCCCCCCCCCCC. The van der Waals surface area contributed by atoms with E-state index in [1.54, 1.807) is 0 Å². The normalized spacial score (nSPS) is 12.6. The van der Waals surface area contributed by atoms with Crippen LogP contribution in [0.5, 0.6) is 0 Å². The molecule has 63 heavy (non-hydrogen) atoms. The average molecular weight is 891 g/mol. The first-order chi connectivity index (χ1) is 31.0. The Morgan fingerprint density at radius 3 is 1.13 bits per heavy atom. The molecule has 0 bridgehead atoms. The molecule has 0 aliphatic rings. The number of ether oxygens (including phenoxy) is 1. The molecule has 0 saturated heterocycles. The number of hydrogen-bond donors (Lipinski definition) is 3. The highest BCUT2D eigenvalue weighted by Gasteiger charge is 2.20. The van der Waals surface area contributed by atoms with E-state index in [1.165, 1.54) is 231 Å². The lowest BCUT2D eigenvalue weighted by Gasteiger charge is -2.22. The fourth-order valence-corrected chi connectivity index (χ4v) is 8.93. The standard InChI is InChI=1S/C57H111NO5/c1-3-5-7-9-11-13-15-17-19-20-21-23-25-29-33-37-41-45-49-55(60)54(53-59)58-56(61)50-46-42-38-34-30-26-24-28-32-36-40-44-48-52-63-57(62)51-47-43-39-35-31-27-22-18-16-14-12-10-8-6-4-2/h18,22,54-55,59-60H,3-17,19-21,23-53H2,1-2H3,(H,58,61)/b22-18-. The van der Waals surface area contributed by atoms with Gasteiger partial charge in [0.2, 0.25) is 5.91 Å². The van der Waals surface area contributed by atoms with Crippen LogP contribution < -0.4 is 5.32 Å². The van der Waals surface area contributed by atoms with Gasteiger partial charge in [0, 0.05) is 12.8 Å². The summed E-state index contributed by atoms with van der Waals surface area (Å²) in [4.78, 5) is 24.5. The first-order valence-corrected chi connectivity index (χ1v) is 28.4. The third kappa shape index (κ3) is 49.9. The van der Waals surface area contributed by atoms with E-state index in [1.807, 2.05) is 0 Å². The lowest BCUT2D eigenvalue weighted by molar-refractivity contribution is -0.143. The van der Waals surface area contributed by atoms with Crippen LogP contribution in [-0.2, 0) is 14.3 Å². The van der Waals surface area contributed by atoms with Crippen molar-refractivity contribution in [2.45, 2.75) is 328 Å². The second-order valence-electron chi connectivity index (χ2n) is 19.6. The minimum atomic E-state index is -0.673. The monoisotopic (exact) mass is 890 g/mol. The zero-order valence-electron chi connectivity index (χ0n) is 42.6. The van der Waals surface area contributed by atoms with Crippen molar-refractivity contribution in [1.82, 2.24) is 5.32 Å². The zero-order valence-corrected chi connectivity index (χ0v) is 42.6. The van der Waals surface area contributed by atoms with Crippen molar-refractivity contribution in [3.05, 3.63) is 12.2 Å². The molecular formula is C57H111NO5. The van der Waals surface area contributed by atoms with Crippen LogP contribution in [0.3, 0.4) is 0 Å². The average Bonchev–Trinajstić information content (AvgIpc) is 3.28. The molecule has 0 aromatic rings. The number of aliphatic hydroxyl groups is 2. The molecule has 0 aromatic heterocycles. The summed E-state index contributed by atoms with van der Waals surface area (Å²) < 4.78 is 5.47. The van der Waals surface area contributed by atoms with E-state index in [-0.39, 0.29) is 18.5 Å². The van der Waals surface area contributed by atoms with E-state index in [2.05, 4.69) is 31.3 Å². The molecular weight excluding hydrogens is 779 g/mol. The van der Waals surface area contributed by atoms with Crippen molar-refractivity contribution in [2.24, 2.45) is 0 Å². The highest BCUT2D eigenvalue weighted by molar-refractivity contribution is 5.76. The van der Waals surface area contributed by atoms with Crippen molar-refractivity contribution in [1.29, 1.82) is 0 Å². The van der Waals surface area contributed by atoms with Crippen molar-refractivity contribution in [3.63, 3.8) is 0 Å². The first kappa shape index (κ1) is 61.6. The Labute approximate surface area is 393 Å². The van der Waals surface area contributed by atoms with Crippen molar-refractivity contribution >= 4 is 11.9 Å². The van der Waals surface area contributed by atoms with Gasteiger partial charge in [-0.3, -0.25) is 9.59 Å². The molecule has 2 atom stereocenters. The molecule has 0 heterocycles. The van der Waals surface area contributed by atoms with E-state index >= 15 is 0 Å². The predicted octanol–water partition coefficient (Wildman–Crippen LogP) is 17.3. The van der Waals surface area contributed by atoms with Gasteiger partial charge in [0.15, 0.2) is 0 Å². The quantitative estimate of drug-likeness (QED) is 0.0321. The number of esters is 1. The summed E-state index contributed by atoms with van der Waals surface area (Å²) in [6.07, 6.45) is 61.9. The number of nitrogens with one attached hydrogen (secondary N) is 1. The van der Waals surface area contributed by atoms with Crippen molar-refractivity contribution in [3.8, 4) is 0 Å². The van der Waals surface area contributed by atoms with E-state index in [9.17, 15) is 19.8 Å². The second-order valence-corrected chi connectivity index (χ2v) is 19.6. The maximum Gasteiger partial charge on any atom is 0.305 e. The molecule has 6 heteroatoms. The molecule has 3 N–H and O–H groups in total. The third-order valence-electron chi connectivity index (χ3n) is 13.3. The summed E-state index contributed by atoms with van der Waals surface area (Å²) in [7, 11) is 0. The molecule has 0 aliphatic carbocycles. The van der Waals surface area contributed by atoms with Gasteiger partial charge in [-0.25, -0.2) is 0 Å². The van der Waals surface area contributed by atoms with E-state index in [0.29, 0.717) is 25.9 Å². The van der Waals surface area contributed by atoms with Gasteiger partial charge in [-0.15, -0.1) is 0 Å². The van der Waals surface area contributed by atoms with Crippen LogP contribution in [0.25, 0.3) is 0 Å². The second kappa shape index (κ2) is 53.2. The Bertz CT molecular complexity index is 939.